The highest BCUT2D eigenvalue weighted by atomic mass is 127. The van der Waals surface area contributed by atoms with Crippen molar-refractivity contribution in [2.24, 2.45) is 7.05 Å². The van der Waals surface area contributed by atoms with E-state index < -0.39 is 61.2 Å². The van der Waals surface area contributed by atoms with Crippen molar-refractivity contribution >= 4 is 81.0 Å². The number of hydrogen-bond donors (Lipinski definition) is 0. The number of likely N-dealkylation sites (N-methyl/N-ethyl adjacent to an activating group) is 1. The first-order valence-electron chi connectivity index (χ1n) is 23.8. The van der Waals surface area contributed by atoms with Crippen molar-refractivity contribution in [1.82, 2.24) is 0 Å². The zero-order chi connectivity index (χ0) is 52.2. The number of allylic oxidation sites excluding steroid dienone is 4. The van der Waals surface area contributed by atoms with Gasteiger partial charge in [0, 0.05) is 62.3 Å². The van der Waals surface area contributed by atoms with Crippen LogP contribution < -0.4 is 19.3 Å². The third kappa shape index (κ3) is 10.7. The summed E-state index contributed by atoms with van der Waals surface area (Å²) in [5.74, 6) is -3.75. The monoisotopic (exact) mass is 1110 g/mol. The van der Waals surface area contributed by atoms with Crippen LogP contribution in [-0.2, 0) is 35.5 Å². The molecular formula is C60H45IN2O12. The van der Waals surface area contributed by atoms with Gasteiger partial charge in [0.15, 0.2) is 18.0 Å². The van der Waals surface area contributed by atoms with Gasteiger partial charge in [-0.2, -0.15) is 4.57 Å². The number of ketones is 1. The van der Waals surface area contributed by atoms with Crippen molar-refractivity contribution in [3.8, 4) is 5.75 Å². The number of aromatic nitrogens is 1. The maximum absolute atomic E-state index is 14.1. The number of aryl methyl sites for hydroxylation is 1. The Labute approximate surface area is 444 Å². The first-order chi connectivity index (χ1) is 36.4. The fourth-order valence-electron chi connectivity index (χ4n) is 8.90. The predicted octanol–water partition coefficient (Wildman–Crippen LogP) is 8.53. The number of anilines is 1. The third-order valence-corrected chi connectivity index (χ3v) is 13.6. The Hall–Kier alpha value is -8.67. The third-order valence-electron chi connectivity index (χ3n) is 12.9. The van der Waals surface area contributed by atoms with Crippen LogP contribution in [-0.4, -0.2) is 74.0 Å². The Morgan fingerprint density at radius 1 is 0.653 bits per heavy atom. The van der Waals surface area contributed by atoms with E-state index >= 15 is 0 Å². The minimum atomic E-state index is -1.63. The molecule has 15 heteroatoms. The molecule has 0 spiro atoms. The summed E-state index contributed by atoms with van der Waals surface area (Å²) in [6, 6.07) is 47.5. The van der Waals surface area contributed by atoms with Crippen LogP contribution in [0.1, 0.15) is 52.7 Å². The quantitative estimate of drug-likeness (QED) is 0.0354. The smallest absolute Gasteiger partial charge is 0.338 e. The van der Waals surface area contributed by atoms with E-state index in [0.717, 1.165) is 14.5 Å². The SMILES string of the molecule is CN1/C(=C/C2=C([O-])C(=C/c3ccc4cc(I)ccc4[n+]3C)/C2=O)C=Cc2cc(O[C@@H]3O[C@H](COC(=O)c4ccccc4)[C@@H](OC(=O)c4ccccc4)[C@H](OC(=O)c4ccccc4)[C@H]3OC(=O)c3ccccc3)ccc21. The number of pyridine rings is 1. The second-order valence-corrected chi connectivity index (χ2v) is 18.9. The molecule has 1 aliphatic carbocycles. The largest absolute Gasteiger partial charge is 0.871 e. The molecule has 1 saturated heterocycles. The van der Waals surface area contributed by atoms with Gasteiger partial charge in [-0.05, 0) is 120 Å². The molecule has 2 aliphatic heterocycles. The van der Waals surface area contributed by atoms with Crippen LogP contribution in [0.3, 0.4) is 0 Å². The molecule has 3 heterocycles. The summed E-state index contributed by atoms with van der Waals surface area (Å²) < 4.78 is 40.6. The summed E-state index contributed by atoms with van der Waals surface area (Å²) in [5, 5.41) is 14.6. The number of hydrogen-bond acceptors (Lipinski definition) is 13. The minimum Gasteiger partial charge on any atom is -0.871 e. The highest BCUT2D eigenvalue weighted by molar-refractivity contribution is 14.1. The van der Waals surface area contributed by atoms with E-state index in [0.29, 0.717) is 22.6 Å². The molecule has 0 saturated carbocycles. The van der Waals surface area contributed by atoms with Crippen molar-refractivity contribution < 1.29 is 62.1 Å². The number of carbonyl (C=O) groups excluding carboxylic acids is 5. The van der Waals surface area contributed by atoms with Gasteiger partial charge < -0.3 is 38.4 Å². The lowest BCUT2D eigenvalue weighted by Crippen LogP contribution is -2.63. The second-order valence-electron chi connectivity index (χ2n) is 17.7. The fraction of sp³-hybridized carbons (Fsp3) is 0.133. The number of nitrogens with zero attached hydrogens (tertiary/aromatic N) is 2. The summed E-state index contributed by atoms with van der Waals surface area (Å²) in [7, 11) is 3.69. The Morgan fingerprint density at radius 2 is 1.21 bits per heavy atom. The van der Waals surface area contributed by atoms with Crippen molar-refractivity contribution in [2.45, 2.75) is 30.7 Å². The number of esters is 4. The van der Waals surface area contributed by atoms with Crippen molar-refractivity contribution in [3.63, 3.8) is 0 Å². The van der Waals surface area contributed by atoms with Crippen LogP contribution >= 0.6 is 22.6 Å². The molecule has 0 N–H and O–H groups in total. The molecular weight excluding hydrogens is 1070 g/mol. The molecule has 0 radical (unpaired) electrons. The number of carbonyl (C=O) groups is 5. The standard InChI is InChI=1S/C60H45IN2O12/c1-62-43(26-23-40-31-42(61)25-29-48(40)62)33-46-51(64)47(52(46)65)34-44-27-24-41-32-45(28-30-49(41)63(44)2)71-60-55(75-59(69)39-21-13-6-14-22-39)54(74-58(68)38-19-11-5-12-20-38)53(73-57(67)37-17-9-4-10-18-37)50(72-60)35-70-56(66)36-15-7-3-8-16-36/h3-34,50,53-55,60H,35H2,1-2H3/t50-,53-,54+,55-,60-/m1/s1. The summed E-state index contributed by atoms with van der Waals surface area (Å²) in [4.78, 5) is 70.9. The van der Waals surface area contributed by atoms with Crippen LogP contribution in [0.25, 0.3) is 23.1 Å². The van der Waals surface area contributed by atoms with Gasteiger partial charge in [0.25, 0.3) is 0 Å². The molecule has 3 aliphatic rings. The molecule has 75 heavy (non-hydrogen) atoms. The Bertz CT molecular complexity index is 3490. The van der Waals surface area contributed by atoms with E-state index in [9.17, 15) is 29.1 Å². The lowest BCUT2D eigenvalue weighted by molar-refractivity contribution is -0.646. The van der Waals surface area contributed by atoms with Gasteiger partial charge in [0.2, 0.25) is 23.6 Å². The topological polar surface area (TPSA) is 171 Å². The molecule has 0 amide bonds. The predicted molar refractivity (Wildman–Crippen MR) is 283 cm³/mol. The van der Waals surface area contributed by atoms with Crippen LogP contribution in [0.5, 0.6) is 5.75 Å². The number of ether oxygens (including phenoxy) is 6. The maximum Gasteiger partial charge on any atom is 0.338 e. The van der Waals surface area contributed by atoms with Gasteiger partial charge in [-0.15, -0.1) is 0 Å². The molecule has 10 rings (SSSR count). The Morgan fingerprint density at radius 3 is 1.80 bits per heavy atom. The van der Waals surface area contributed by atoms with Gasteiger partial charge >= 0.3 is 23.9 Å². The zero-order valence-corrected chi connectivity index (χ0v) is 42.4. The lowest BCUT2D eigenvalue weighted by Gasteiger charge is -2.44. The van der Waals surface area contributed by atoms with E-state index in [1.165, 1.54) is 36.4 Å². The molecule has 0 unspecified atom stereocenters. The second kappa shape index (κ2) is 21.8. The highest BCUT2D eigenvalue weighted by Gasteiger charge is 2.54. The molecule has 5 atom stereocenters. The molecule has 374 valence electrons. The summed E-state index contributed by atoms with van der Waals surface area (Å²) in [5.41, 5.74) is 4.43. The zero-order valence-electron chi connectivity index (χ0n) is 40.2. The van der Waals surface area contributed by atoms with E-state index in [2.05, 4.69) is 28.7 Å². The Kier molecular flexibility index (Phi) is 14.5. The molecule has 1 fully saturated rings. The van der Waals surface area contributed by atoms with E-state index in [4.69, 9.17) is 28.4 Å². The molecule has 6 aromatic carbocycles. The van der Waals surface area contributed by atoms with E-state index in [-0.39, 0.29) is 50.7 Å². The number of halogens is 1. The normalized spacial score (nSPS) is 20.0. The summed E-state index contributed by atoms with van der Waals surface area (Å²) >= 11 is 2.26. The lowest BCUT2D eigenvalue weighted by atomic mass is 9.86. The fourth-order valence-corrected chi connectivity index (χ4v) is 9.41. The van der Waals surface area contributed by atoms with Gasteiger partial charge in [-0.3, -0.25) is 4.79 Å². The van der Waals surface area contributed by atoms with Crippen LogP contribution in [0, 0.1) is 3.57 Å². The number of Topliss-reactive ketones (excluding diaryl/α,β-unsaturated/α-hetero) is 1. The summed E-state index contributed by atoms with van der Waals surface area (Å²) in [6.07, 6.45) is -1.03. The van der Waals surface area contributed by atoms with Crippen molar-refractivity contribution in [2.75, 3.05) is 18.6 Å². The van der Waals surface area contributed by atoms with Gasteiger partial charge in [-0.1, -0.05) is 84.6 Å². The highest BCUT2D eigenvalue weighted by Crippen LogP contribution is 2.38. The minimum absolute atomic E-state index is 0.0546. The molecule has 14 nitrogen and oxygen atoms in total. The van der Waals surface area contributed by atoms with Crippen LogP contribution in [0.4, 0.5) is 5.69 Å². The van der Waals surface area contributed by atoms with Crippen LogP contribution in [0.15, 0.2) is 205 Å². The van der Waals surface area contributed by atoms with E-state index in [1.807, 2.05) is 40.8 Å². The molecule has 7 aromatic rings. The first-order valence-corrected chi connectivity index (χ1v) is 24.8. The van der Waals surface area contributed by atoms with Crippen molar-refractivity contribution in [1.29, 1.82) is 0 Å². The average Bonchev–Trinajstić information content (AvgIpc) is 3.44. The maximum atomic E-state index is 14.1. The molecule has 0 bridgehead atoms. The average molecular weight is 1110 g/mol. The van der Waals surface area contributed by atoms with Crippen LogP contribution in [0.2, 0.25) is 0 Å². The van der Waals surface area contributed by atoms with Crippen molar-refractivity contribution in [3.05, 3.63) is 242 Å². The Balaban J connectivity index is 0.974. The number of benzene rings is 6. The first kappa shape index (κ1) is 49.9. The van der Waals surface area contributed by atoms with Gasteiger partial charge in [0.05, 0.1) is 22.3 Å². The van der Waals surface area contributed by atoms with E-state index in [1.54, 1.807) is 134 Å². The number of rotatable bonds is 13. The number of fused-ring (bicyclic) bond motifs is 2. The molecule has 1 aromatic heterocycles. The summed E-state index contributed by atoms with van der Waals surface area (Å²) in [6.45, 7) is -0.533. The van der Waals surface area contributed by atoms with Gasteiger partial charge in [0.1, 0.15) is 25.5 Å². The van der Waals surface area contributed by atoms with Gasteiger partial charge in [-0.25, -0.2) is 19.2 Å².